The van der Waals surface area contributed by atoms with Crippen LogP contribution in [0.4, 0.5) is 0 Å². The largest absolute Gasteiger partial charge is 0.381 e. The molecule has 0 aromatic rings. The number of hydrogen-bond donors (Lipinski definition) is 2. The molecule has 2 N–H and O–H groups in total. The Labute approximate surface area is 109 Å². The molecule has 2 atom stereocenters. The molecule has 5 nitrogen and oxygen atoms in total. The molecule has 0 aromatic heterocycles. The van der Waals surface area contributed by atoms with Crippen molar-refractivity contribution in [1.29, 1.82) is 0 Å². The summed E-state index contributed by atoms with van der Waals surface area (Å²) in [6.07, 6.45) is 2.19. The molecule has 0 aliphatic carbocycles. The molecule has 0 radical (unpaired) electrons. The minimum absolute atomic E-state index is 0.149. The van der Waals surface area contributed by atoms with Crippen LogP contribution in [0, 0.1) is 5.92 Å². The highest BCUT2D eigenvalue weighted by atomic mass is 16.5. The van der Waals surface area contributed by atoms with E-state index in [1.807, 2.05) is 0 Å². The molecule has 0 saturated carbocycles. The van der Waals surface area contributed by atoms with Crippen LogP contribution in [-0.2, 0) is 9.53 Å². The monoisotopic (exact) mass is 255 g/mol. The number of ether oxygens (including phenoxy) is 1. The molecule has 2 fully saturated rings. The molecule has 2 heterocycles. The lowest BCUT2D eigenvalue weighted by Gasteiger charge is -2.23. The summed E-state index contributed by atoms with van der Waals surface area (Å²) in [5.74, 6) is 0.635. The first-order chi connectivity index (χ1) is 8.75. The van der Waals surface area contributed by atoms with Crippen molar-refractivity contribution in [3.05, 3.63) is 0 Å². The van der Waals surface area contributed by atoms with Gasteiger partial charge in [0.05, 0.1) is 13.2 Å². The summed E-state index contributed by atoms with van der Waals surface area (Å²) in [5.41, 5.74) is 0. The van der Waals surface area contributed by atoms with E-state index in [2.05, 4.69) is 22.5 Å². The van der Waals surface area contributed by atoms with Crippen molar-refractivity contribution in [1.82, 2.24) is 15.5 Å². The van der Waals surface area contributed by atoms with Crippen molar-refractivity contribution in [2.75, 3.05) is 45.9 Å². The third-order valence-corrected chi connectivity index (χ3v) is 3.86. The molecule has 0 spiro atoms. The Kier molecular flexibility index (Phi) is 5.41. The van der Waals surface area contributed by atoms with Crippen LogP contribution >= 0.6 is 0 Å². The van der Waals surface area contributed by atoms with Crippen LogP contribution in [0.15, 0.2) is 0 Å². The predicted molar refractivity (Wildman–Crippen MR) is 70.5 cm³/mol. The van der Waals surface area contributed by atoms with Crippen molar-refractivity contribution in [3.63, 3.8) is 0 Å². The molecular weight excluding hydrogens is 230 g/mol. The van der Waals surface area contributed by atoms with Gasteiger partial charge in [-0.25, -0.2) is 0 Å². The number of carbonyl (C=O) groups excluding carboxylic acids is 1. The van der Waals surface area contributed by atoms with Crippen LogP contribution in [0.25, 0.3) is 0 Å². The van der Waals surface area contributed by atoms with Crippen molar-refractivity contribution in [3.8, 4) is 0 Å². The van der Waals surface area contributed by atoms with E-state index < -0.39 is 0 Å². The predicted octanol–water partition coefficient (Wildman–Crippen LogP) is -0.177. The summed E-state index contributed by atoms with van der Waals surface area (Å²) in [6, 6.07) is 0.227. The zero-order chi connectivity index (χ0) is 12.8. The highest BCUT2D eigenvalue weighted by molar-refractivity contribution is 5.78. The maximum absolute atomic E-state index is 12.0. The van der Waals surface area contributed by atoms with Gasteiger partial charge in [0.1, 0.15) is 0 Å². The number of nitrogens with zero attached hydrogens (tertiary/aromatic N) is 1. The van der Waals surface area contributed by atoms with Crippen molar-refractivity contribution < 1.29 is 9.53 Å². The average Bonchev–Trinajstić information content (AvgIpc) is 2.76. The average molecular weight is 255 g/mol. The summed E-state index contributed by atoms with van der Waals surface area (Å²) in [7, 11) is 0. The maximum Gasteiger partial charge on any atom is 0.234 e. The highest BCUT2D eigenvalue weighted by Gasteiger charge is 2.24. The van der Waals surface area contributed by atoms with Crippen molar-refractivity contribution >= 4 is 5.91 Å². The fraction of sp³-hybridized carbons (Fsp3) is 0.923. The van der Waals surface area contributed by atoms with E-state index in [-0.39, 0.29) is 11.9 Å². The number of amides is 1. The van der Waals surface area contributed by atoms with Crippen LogP contribution < -0.4 is 10.6 Å². The number of carbonyl (C=O) groups is 1. The summed E-state index contributed by atoms with van der Waals surface area (Å²) in [4.78, 5) is 14.2. The third-order valence-electron chi connectivity index (χ3n) is 3.86. The fourth-order valence-corrected chi connectivity index (χ4v) is 2.63. The van der Waals surface area contributed by atoms with Gasteiger partial charge in [0.15, 0.2) is 0 Å². The Bertz CT molecular complexity index is 253. The van der Waals surface area contributed by atoms with Gasteiger partial charge in [-0.3, -0.25) is 9.69 Å². The first-order valence-corrected chi connectivity index (χ1v) is 7.06. The van der Waals surface area contributed by atoms with Crippen LogP contribution in [0.2, 0.25) is 0 Å². The lowest BCUT2D eigenvalue weighted by molar-refractivity contribution is -0.123. The minimum Gasteiger partial charge on any atom is -0.381 e. The number of rotatable bonds is 4. The lowest BCUT2D eigenvalue weighted by atomic mass is 10.0. The summed E-state index contributed by atoms with van der Waals surface area (Å²) < 4.78 is 5.36. The molecule has 2 unspecified atom stereocenters. The maximum atomic E-state index is 12.0. The van der Waals surface area contributed by atoms with E-state index in [1.165, 1.54) is 0 Å². The smallest absolute Gasteiger partial charge is 0.234 e. The van der Waals surface area contributed by atoms with Gasteiger partial charge in [-0.05, 0) is 32.9 Å². The lowest BCUT2D eigenvalue weighted by Crippen LogP contribution is -2.44. The van der Waals surface area contributed by atoms with E-state index in [0.717, 1.165) is 52.2 Å². The third kappa shape index (κ3) is 4.23. The molecule has 2 aliphatic heterocycles. The van der Waals surface area contributed by atoms with E-state index in [4.69, 9.17) is 4.74 Å². The van der Waals surface area contributed by atoms with Crippen LogP contribution in [-0.4, -0.2) is 62.8 Å². The molecule has 2 saturated heterocycles. The molecule has 2 rings (SSSR count). The van der Waals surface area contributed by atoms with E-state index in [1.54, 1.807) is 0 Å². The van der Waals surface area contributed by atoms with Crippen LogP contribution in [0.3, 0.4) is 0 Å². The van der Waals surface area contributed by atoms with Crippen molar-refractivity contribution in [2.24, 2.45) is 5.92 Å². The van der Waals surface area contributed by atoms with E-state index in [0.29, 0.717) is 12.5 Å². The SMILES string of the molecule is CC(NC(=O)CN1CCCNCC1)C1CCOC1. The molecular formula is C13H25N3O2. The van der Waals surface area contributed by atoms with Gasteiger partial charge < -0.3 is 15.4 Å². The van der Waals surface area contributed by atoms with Gasteiger partial charge >= 0.3 is 0 Å². The first-order valence-electron chi connectivity index (χ1n) is 7.06. The molecule has 0 bridgehead atoms. The Morgan fingerprint density at radius 2 is 2.39 bits per heavy atom. The molecule has 18 heavy (non-hydrogen) atoms. The van der Waals surface area contributed by atoms with Gasteiger partial charge in [-0.2, -0.15) is 0 Å². The minimum atomic E-state index is 0.149. The van der Waals surface area contributed by atoms with E-state index in [9.17, 15) is 4.79 Å². The first kappa shape index (κ1) is 13.8. The standard InChI is InChI=1S/C13H25N3O2/c1-11(12-3-8-18-10-12)15-13(17)9-16-6-2-4-14-5-7-16/h11-12,14H,2-10H2,1H3,(H,15,17). The summed E-state index contributed by atoms with van der Waals surface area (Å²) in [6.45, 7) is 8.27. The molecule has 0 aromatic carbocycles. The second-order valence-corrected chi connectivity index (χ2v) is 5.36. The zero-order valence-corrected chi connectivity index (χ0v) is 11.3. The second kappa shape index (κ2) is 7.07. The second-order valence-electron chi connectivity index (χ2n) is 5.36. The number of hydrogen-bond acceptors (Lipinski definition) is 4. The van der Waals surface area contributed by atoms with Gasteiger partial charge in [-0.15, -0.1) is 0 Å². The normalized spacial score (nSPS) is 27.7. The molecule has 104 valence electrons. The van der Waals surface area contributed by atoms with Gasteiger partial charge in [0.2, 0.25) is 5.91 Å². The number of nitrogens with one attached hydrogen (secondary N) is 2. The summed E-state index contributed by atoms with van der Waals surface area (Å²) >= 11 is 0. The Morgan fingerprint density at radius 1 is 1.50 bits per heavy atom. The Balaban J connectivity index is 1.70. The quantitative estimate of drug-likeness (QED) is 0.732. The van der Waals surface area contributed by atoms with E-state index >= 15 is 0 Å². The Morgan fingerprint density at radius 3 is 3.17 bits per heavy atom. The van der Waals surface area contributed by atoms with Crippen molar-refractivity contribution in [2.45, 2.75) is 25.8 Å². The molecule has 5 heteroatoms. The highest BCUT2D eigenvalue weighted by Crippen LogP contribution is 2.16. The summed E-state index contributed by atoms with van der Waals surface area (Å²) in [5, 5.41) is 6.45. The van der Waals surface area contributed by atoms with Gasteiger partial charge in [0.25, 0.3) is 0 Å². The van der Waals surface area contributed by atoms with Crippen LogP contribution in [0.1, 0.15) is 19.8 Å². The molecule has 2 aliphatic rings. The zero-order valence-electron chi connectivity index (χ0n) is 11.3. The topological polar surface area (TPSA) is 53.6 Å². The van der Waals surface area contributed by atoms with Gasteiger partial charge in [-0.1, -0.05) is 0 Å². The molecule has 1 amide bonds. The van der Waals surface area contributed by atoms with Crippen LogP contribution in [0.5, 0.6) is 0 Å². The van der Waals surface area contributed by atoms with Gasteiger partial charge in [0, 0.05) is 31.7 Å². The fourth-order valence-electron chi connectivity index (χ4n) is 2.63. The Hall–Kier alpha value is -0.650.